The molecule has 3 heteroatoms. The van der Waals surface area contributed by atoms with E-state index in [-0.39, 0.29) is 15.0 Å². The van der Waals surface area contributed by atoms with Crippen LogP contribution in [0, 0.1) is 0 Å². The SMILES string of the molecule is c1ccc([Se]c2c(-c3ccccc3)nn(-c3ccccc3)c2-c2ccccc2)cc1. The predicted octanol–water partition coefficient (Wildman–Crippen LogP) is 4.86. The molecule has 0 aliphatic heterocycles. The summed E-state index contributed by atoms with van der Waals surface area (Å²) in [7, 11) is 0. The predicted molar refractivity (Wildman–Crippen MR) is 126 cm³/mol. The second-order valence-corrected chi connectivity index (χ2v) is 9.19. The van der Waals surface area contributed by atoms with Crippen LogP contribution in [0.15, 0.2) is 121 Å². The first kappa shape index (κ1) is 18.6. The number of hydrogen-bond acceptors (Lipinski definition) is 1. The fourth-order valence-electron chi connectivity index (χ4n) is 3.50. The summed E-state index contributed by atoms with van der Waals surface area (Å²) in [5, 5.41) is 5.16. The molecule has 1 aromatic heterocycles. The van der Waals surface area contributed by atoms with Crippen molar-refractivity contribution in [3.63, 3.8) is 0 Å². The Hall–Kier alpha value is -3.39. The van der Waals surface area contributed by atoms with Gasteiger partial charge in [-0.05, 0) is 0 Å². The van der Waals surface area contributed by atoms with Gasteiger partial charge in [-0.25, -0.2) is 0 Å². The Kier molecular flexibility index (Phi) is 5.30. The van der Waals surface area contributed by atoms with E-state index in [2.05, 4.69) is 120 Å². The molecule has 144 valence electrons. The van der Waals surface area contributed by atoms with E-state index in [0.717, 1.165) is 16.9 Å². The summed E-state index contributed by atoms with van der Waals surface area (Å²) in [6.07, 6.45) is 0. The van der Waals surface area contributed by atoms with E-state index in [1.807, 2.05) is 6.07 Å². The Bertz CT molecular complexity index is 1230. The molecule has 0 aliphatic carbocycles. The van der Waals surface area contributed by atoms with E-state index < -0.39 is 0 Å². The summed E-state index contributed by atoms with van der Waals surface area (Å²) in [6.45, 7) is 0. The summed E-state index contributed by atoms with van der Waals surface area (Å²) in [6, 6.07) is 42.3. The van der Waals surface area contributed by atoms with Crippen LogP contribution in [0.1, 0.15) is 0 Å². The van der Waals surface area contributed by atoms with E-state index in [0.29, 0.717) is 0 Å². The second-order valence-electron chi connectivity index (χ2n) is 6.92. The molecule has 0 aliphatic rings. The third-order valence-corrected chi connectivity index (χ3v) is 7.21. The third kappa shape index (κ3) is 3.73. The molecular weight excluding hydrogens is 431 g/mol. The third-order valence-electron chi connectivity index (χ3n) is 4.90. The molecule has 0 saturated heterocycles. The Balaban J connectivity index is 1.80. The molecule has 0 unspecified atom stereocenters. The van der Waals surface area contributed by atoms with Crippen molar-refractivity contribution >= 4 is 23.9 Å². The molecular formula is C27H20N2Se. The summed E-state index contributed by atoms with van der Waals surface area (Å²) >= 11 is 0.116. The number of para-hydroxylation sites is 1. The van der Waals surface area contributed by atoms with Crippen LogP contribution in [0.2, 0.25) is 0 Å². The van der Waals surface area contributed by atoms with Crippen LogP contribution < -0.4 is 8.92 Å². The number of aromatic nitrogens is 2. The maximum atomic E-state index is 5.16. The number of rotatable bonds is 5. The van der Waals surface area contributed by atoms with Gasteiger partial charge in [0.15, 0.2) is 0 Å². The van der Waals surface area contributed by atoms with Crippen LogP contribution in [0.4, 0.5) is 0 Å². The van der Waals surface area contributed by atoms with Gasteiger partial charge in [0.1, 0.15) is 0 Å². The summed E-state index contributed by atoms with van der Waals surface area (Å²) in [5.74, 6) is 0. The van der Waals surface area contributed by atoms with Crippen LogP contribution in [0.5, 0.6) is 0 Å². The molecule has 5 aromatic rings. The van der Waals surface area contributed by atoms with E-state index >= 15 is 0 Å². The van der Waals surface area contributed by atoms with Crippen molar-refractivity contribution in [2.24, 2.45) is 0 Å². The van der Waals surface area contributed by atoms with Gasteiger partial charge < -0.3 is 0 Å². The number of benzene rings is 4. The van der Waals surface area contributed by atoms with E-state index in [1.165, 1.54) is 20.2 Å². The van der Waals surface area contributed by atoms with Gasteiger partial charge >= 0.3 is 183 Å². The van der Waals surface area contributed by atoms with Crippen molar-refractivity contribution in [2.45, 2.75) is 0 Å². The van der Waals surface area contributed by atoms with E-state index in [4.69, 9.17) is 5.10 Å². The molecule has 0 radical (unpaired) electrons. The zero-order valence-electron chi connectivity index (χ0n) is 16.3. The van der Waals surface area contributed by atoms with Crippen LogP contribution in [-0.4, -0.2) is 24.7 Å². The monoisotopic (exact) mass is 452 g/mol. The molecule has 0 N–H and O–H groups in total. The standard InChI is InChI=1S/C27H20N2Se/c1-5-13-21(14-6-1)25-27(30-24-19-11-4-12-20-24)26(22-15-7-2-8-16-22)29(28-25)23-17-9-3-10-18-23/h1-20H. The van der Waals surface area contributed by atoms with Crippen LogP contribution >= 0.6 is 0 Å². The molecule has 1 heterocycles. The van der Waals surface area contributed by atoms with Gasteiger partial charge in [-0.2, -0.15) is 0 Å². The van der Waals surface area contributed by atoms with Gasteiger partial charge in [0, 0.05) is 0 Å². The van der Waals surface area contributed by atoms with Gasteiger partial charge in [-0.15, -0.1) is 0 Å². The van der Waals surface area contributed by atoms with Crippen LogP contribution in [-0.2, 0) is 0 Å². The Morgan fingerprint density at radius 3 is 1.63 bits per heavy atom. The van der Waals surface area contributed by atoms with Gasteiger partial charge in [-0.1, -0.05) is 0 Å². The first-order valence-corrected chi connectivity index (χ1v) is 11.6. The average molecular weight is 451 g/mol. The van der Waals surface area contributed by atoms with Gasteiger partial charge in [-0.3, -0.25) is 0 Å². The molecule has 4 aromatic carbocycles. The van der Waals surface area contributed by atoms with E-state index in [1.54, 1.807) is 0 Å². The fraction of sp³-hybridized carbons (Fsp3) is 0. The first-order valence-electron chi connectivity index (χ1n) is 9.92. The van der Waals surface area contributed by atoms with Crippen LogP contribution in [0.3, 0.4) is 0 Å². The molecule has 0 bridgehead atoms. The fourth-order valence-corrected chi connectivity index (χ4v) is 5.77. The minimum atomic E-state index is 0.116. The zero-order chi connectivity index (χ0) is 20.2. The molecule has 0 spiro atoms. The Morgan fingerprint density at radius 2 is 1.03 bits per heavy atom. The zero-order valence-corrected chi connectivity index (χ0v) is 18.1. The molecule has 5 rings (SSSR count). The van der Waals surface area contributed by atoms with Crippen LogP contribution in [0.25, 0.3) is 28.2 Å². The minimum absolute atomic E-state index is 0.116. The van der Waals surface area contributed by atoms with Crippen molar-refractivity contribution in [3.8, 4) is 28.2 Å². The molecule has 0 saturated carbocycles. The molecule has 0 fully saturated rings. The number of nitrogens with zero attached hydrogens (tertiary/aromatic N) is 2. The normalized spacial score (nSPS) is 10.8. The number of hydrogen-bond donors (Lipinski definition) is 0. The Morgan fingerprint density at radius 1 is 0.533 bits per heavy atom. The molecule has 0 amide bonds. The van der Waals surface area contributed by atoms with Gasteiger partial charge in [0.05, 0.1) is 0 Å². The van der Waals surface area contributed by atoms with Crippen molar-refractivity contribution in [2.75, 3.05) is 0 Å². The maximum absolute atomic E-state index is 5.16. The summed E-state index contributed by atoms with van der Waals surface area (Å²) in [5.41, 5.74) is 5.64. The molecule has 30 heavy (non-hydrogen) atoms. The van der Waals surface area contributed by atoms with Gasteiger partial charge in [0.25, 0.3) is 0 Å². The van der Waals surface area contributed by atoms with Crippen molar-refractivity contribution in [3.05, 3.63) is 121 Å². The first-order chi connectivity index (χ1) is 14.9. The molecule has 2 nitrogen and oxygen atoms in total. The molecule has 0 atom stereocenters. The topological polar surface area (TPSA) is 17.8 Å². The summed E-state index contributed by atoms with van der Waals surface area (Å²) < 4.78 is 4.75. The average Bonchev–Trinajstić information content (AvgIpc) is 3.20. The quantitative estimate of drug-likeness (QED) is 0.349. The van der Waals surface area contributed by atoms with E-state index in [9.17, 15) is 0 Å². The van der Waals surface area contributed by atoms with Crippen molar-refractivity contribution in [1.29, 1.82) is 0 Å². The Labute approximate surface area is 183 Å². The summed E-state index contributed by atoms with van der Waals surface area (Å²) in [4.78, 5) is 0. The van der Waals surface area contributed by atoms with Crippen molar-refractivity contribution < 1.29 is 0 Å². The van der Waals surface area contributed by atoms with Crippen molar-refractivity contribution in [1.82, 2.24) is 9.78 Å². The van der Waals surface area contributed by atoms with Gasteiger partial charge in [0.2, 0.25) is 0 Å². The second kappa shape index (κ2) is 8.54.